The van der Waals surface area contributed by atoms with Crippen LogP contribution in [-0.2, 0) is 20.3 Å². The van der Waals surface area contributed by atoms with E-state index in [2.05, 4.69) is 0 Å². The molecular weight excluding hydrogens is 152 g/mol. The van der Waals surface area contributed by atoms with Crippen LogP contribution in [0.2, 0.25) is 0 Å². The van der Waals surface area contributed by atoms with E-state index >= 15 is 0 Å². The molecule has 1 saturated heterocycles. The van der Waals surface area contributed by atoms with Gasteiger partial charge in [-0.2, -0.15) is 0 Å². The van der Waals surface area contributed by atoms with Crippen LogP contribution in [0.5, 0.6) is 0 Å². The molecule has 0 aliphatic carbocycles. The molecular formula is C6H12O3S. The second-order valence-electron chi connectivity index (χ2n) is 2.26. The Morgan fingerprint density at radius 2 is 2.50 bits per heavy atom. The van der Waals surface area contributed by atoms with E-state index in [1.807, 2.05) is 0 Å². The van der Waals surface area contributed by atoms with Crippen molar-refractivity contribution in [3.8, 4) is 0 Å². The molecule has 1 aliphatic heterocycles. The van der Waals surface area contributed by atoms with Gasteiger partial charge in [0.1, 0.15) is 0 Å². The highest BCUT2D eigenvalue weighted by Gasteiger charge is 2.24. The number of methoxy groups -OCH3 is 1. The molecule has 4 heteroatoms. The van der Waals surface area contributed by atoms with Gasteiger partial charge in [-0.15, -0.1) is 0 Å². The van der Waals surface area contributed by atoms with E-state index in [4.69, 9.17) is 9.47 Å². The van der Waals surface area contributed by atoms with Crippen molar-refractivity contribution < 1.29 is 13.7 Å². The van der Waals surface area contributed by atoms with Gasteiger partial charge in [0.15, 0.2) is 0 Å². The maximum absolute atomic E-state index is 11.0. The number of ether oxygens (including phenoxy) is 2. The quantitative estimate of drug-likeness (QED) is 0.527. The molecule has 1 fully saturated rings. The Balaban J connectivity index is 1.97. The third-order valence-electron chi connectivity index (χ3n) is 1.29. The molecule has 0 spiro atoms. The number of hydrogen-bond acceptors (Lipinski definition) is 3. The summed E-state index contributed by atoms with van der Waals surface area (Å²) in [6.07, 6.45) is 0.276. The summed E-state index contributed by atoms with van der Waals surface area (Å²) in [6, 6.07) is 0. The number of epoxide rings is 1. The molecule has 3 nitrogen and oxygen atoms in total. The molecule has 0 aromatic carbocycles. The normalized spacial score (nSPS) is 26.3. The average Bonchev–Trinajstić information content (AvgIpc) is 2.67. The van der Waals surface area contributed by atoms with Crippen molar-refractivity contribution in [1.29, 1.82) is 0 Å². The Hall–Kier alpha value is 0.0700. The lowest BCUT2D eigenvalue weighted by Crippen LogP contribution is -2.11. The van der Waals surface area contributed by atoms with Gasteiger partial charge in [-0.1, -0.05) is 0 Å². The summed E-state index contributed by atoms with van der Waals surface area (Å²) in [5.74, 6) is 1.32. The Labute approximate surface area is 63.2 Å². The lowest BCUT2D eigenvalue weighted by atomic mass is 10.6. The molecule has 2 atom stereocenters. The van der Waals surface area contributed by atoms with Crippen LogP contribution in [0.1, 0.15) is 0 Å². The predicted molar refractivity (Wildman–Crippen MR) is 39.5 cm³/mol. The van der Waals surface area contributed by atoms with E-state index in [9.17, 15) is 4.21 Å². The largest absolute Gasteiger partial charge is 0.384 e. The zero-order valence-electron chi connectivity index (χ0n) is 6.04. The van der Waals surface area contributed by atoms with Gasteiger partial charge in [0.2, 0.25) is 0 Å². The van der Waals surface area contributed by atoms with E-state index < -0.39 is 10.8 Å². The molecule has 1 unspecified atom stereocenters. The molecule has 0 aromatic rings. The molecule has 0 bridgehead atoms. The molecule has 60 valence electrons. The molecule has 1 heterocycles. The van der Waals surface area contributed by atoms with E-state index in [0.29, 0.717) is 18.1 Å². The zero-order valence-corrected chi connectivity index (χ0v) is 6.86. The van der Waals surface area contributed by atoms with Gasteiger partial charge in [0, 0.05) is 23.7 Å². The maximum Gasteiger partial charge on any atom is 0.0924 e. The van der Waals surface area contributed by atoms with Crippen LogP contribution in [0.4, 0.5) is 0 Å². The summed E-state index contributed by atoms with van der Waals surface area (Å²) in [5, 5.41) is 0. The summed E-state index contributed by atoms with van der Waals surface area (Å²) in [4.78, 5) is 0. The van der Waals surface area contributed by atoms with Crippen LogP contribution in [-0.4, -0.2) is 42.1 Å². The fraction of sp³-hybridized carbons (Fsp3) is 1.00. The summed E-state index contributed by atoms with van der Waals surface area (Å²) in [6.45, 7) is 1.37. The van der Waals surface area contributed by atoms with E-state index in [1.165, 1.54) is 0 Å². The van der Waals surface area contributed by atoms with Crippen LogP contribution in [0.25, 0.3) is 0 Å². The Bertz CT molecular complexity index is 122. The minimum atomic E-state index is -0.738. The third-order valence-corrected chi connectivity index (χ3v) is 2.65. The van der Waals surface area contributed by atoms with Crippen molar-refractivity contribution in [2.75, 3.05) is 31.8 Å². The van der Waals surface area contributed by atoms with Crippen molar-refractivity contribution >= 4 is 10.8 Å². The van der Waals surface area contributed by atoms with Crippen molar-refractivity contribution in [2.24, 2.45) is 0 Å². The highest BCUT2D eigenvalue weighted by Crippen LogP contribution is 2.09. The summed E-state index contributed by atoms with van der Waals surface area (Å²) in [7, 11) is 0.878. The molecule has 10 heavy (non-hydrogen) atoms. The summed E-state index contributed by atoms with van der Waals surface area (Å²) >= 11 is 0. The zero-order chi connectivity index (χ0) is 7.40. The first-order valence-corrected chi connectivity index (χ1v) is 4.77. The second-order valence-corrected chi connectivity index (χ2v) is 3.88. The van der Waals surface area contributed by atoms with Crippen LogP contribution in [0.15, 0.2) is 0 Å². The highest BCUT2D eigenvalue weighted by atomic mass is 32.2. The highest BCUT2D eigenvalue weighted by molar-refractivity contribution is 7.85. The first-order chi connectivity index (χ1) is 4.83. The van der Waals surface area contributed by atoms with Gasteiger partial charge in [0.25, 0.3) is 0 Å². The maximum atomic E-state index is 11.0. The predicted octanol–water partition coefficient (Wildman–Crippen LogP) is -0.220. The lowest BCUT2D eigenvalue weighted by molar-refractivity contribution is 0.218. The van der Waals surface area contributed by atoms with Crippen molar-refractivity contribution in [1.82, 2.24) is 0 Å². The topological polar surface area (TPSA) is 38.8 Å². The molecule has 0 N–H and O–H groups in total. The first kappa shape index (κ1) is 8.17. The first-order valence-electron chi connectivity index (χ1n) is 3.28. The summed E-state index contributed by atoms with van der Waals surface area (Å²) in [5.41, 5.74) is 0. The molecule has 0 radical (unpaired) electrons. The van der Waals surface area contributed by atoms with Gasteiger partial charge in [-0.25, -0.2) is 0 Å². The smallest absolute Gasteiger partial charge is 0.0924 e. The monoisotopic (exact) mass is 164 g/mol. The van der Waals surface area contributed by atoms with Gasteiger partial charge in [-0.05, 0) is 0 Å². The summed E-state index contributed by atoms with van der Waals surface area (Å²) < 4.78 is 20.7. The molecule has 1 rings (SSSR count). The van der Waals surface area contributed by atoms with Crippen molar-refractivity contribution in [3.63, 3.8) is 0 Å². The van der Waals surface area contributed by atoms with Gasteiger partial charge < -0.3 is 9.47 Å². The van der Waals surface area contributed by atoms with Gasteiger partial charge >= 0.3 is 0 Å². The van der Waals surface area contributed by atoms with Crippen molar-refractivity contribution in [3.05, 3.63) is 0 Å². The van der Waals surface area contributed by atoms with Crippen LogP contribution >= 0.6 is 0 Å². The van der Waals surface area contributed by atoms with Crippen LogP contribution in [0, 0.1) is 0 Å². The number of hydrogen-bond donors (Lipinski definition) is 0. The third kappa shape index (κ3) is 3.29. The second kappa shape index (κ2) is 4.05. The average molecular weight is 164 g/mol. The molecule has 0 aromatic heterocycles. The van der Waals surface area contributed by atoms with E-state index in [0.717, 1.165) is 6.61 Å². The Morgan fingerprint density at radius 1 is 1.80 bits per heavy atom. The SMILES string of the molecule is COCCS(=O)C[C@@H]1CO1. The van der Waals surface area contributed by atoms with E-state index in [-0.39, 0.29) is 6.10 Å². The fourth-order valence-corrected chi connectivity index (χ4v) is 1.76. The minimum absolute atomic E-state index is 0.276. The molecule has 0 saturated carbocycles. The van der Waals surface area contributed by atoms with Gasteiger partial charge in [0.05, 0.1) is 25.1 Å². The van der Waals surface area contributed by atoms with Crippen LogP contribution in [0.3, 0.4) is 0 Å². The van der Waals surface area contributed by atoms with Crippen LogP contribution < -0.4 is 0 Å². The minimum Gasteiger partial charge on any atom is -0.384 e. The fourth-order valence-electron chi connectivity index (χ4n) is 0.631. The standard InChI is InChI=1S/C6H12O3S/c1-8-2-3-10(7)5-6-4-9-6/h6H,2-5H2,1H3/t6-,10?/m0/s1. The molecule has 0 amide bonds. The Morgan fingerprint density at radius 3 is 3.00 bits per heavy atom. The van der Waals surface area contributed by atoms with Gasteiger partial charge in [-0.3, -0.25) is 4.21 Å². The molecule has 1 aliphatic rings. The van der Waals surface area contributed by atoms with Crippen molar-refractivity contribution in [2.45, 2.75) is 6.10 Å². The number of rotatable bonds is 5. The Kier molecular flexibility index (Phi) is 3.31. The lowest BCUT2D eigenvalue weighted by Gasteiger charge is -1.96. The van der Waals surface area contributed by atoms with E-state index in [1.54, 1.807) is 7.11 Å².